The monoisotopic (exact) mass is 349 g/mol. The number of carbonyl (C=O) groups is 1. The summed E-state index contributed by atoms with van der Waals surface area (Å²) < 4.78 is 11.2. The molecule has 0 bridgehead atoms. The van der Waals surface area contributed by atoms with Crippen LogP contribution >= 0.6 is 0 Å². The molecule has 0 radical (unpaired) electrons. The van der Waals surface area contributed by atoms with Crippen LogP contribution in [0.5, 0.6) is 5.75 Å². The van der Waals surface area contributed by atoms with Crippen molar-refractivity contribution in [3.8, 4) is 5.75 Å². The first-order valence-corrected chi connectivity index (χ1v) is 8.61. The third-order valence-corrected chi connectivity index (χ3v) is 4.87. The molecule has 0 unspecified atom stereocenters. The lowest BCUT2D eigenvalue weighted by atomic mass is 9.96. The van der Waals surface area contributed by atoms with Crippen molar-refractivity contribution in [2.24, 2.45) is 0 Å². The Kier molecular flexibility index (Phi) is 3.99. The van der Waals surface area contributed by atoms with E-state index in [2.05, 4.69) is 0 Å². The zero-order chi connectivity index (χ0) is 18.3. The van der Waals surface area contributed by atoms with Gasteiger partial charge in [0, 0.05) is 12.6 Å². The highest BCUT2D eigenvalue weighted by Crippen LogP contribution is 2.38. The van der Waals surface area contributed by atoms with Gasteiger partial charge in [0.1, 0.15) is 11.3 Å². The fourth-order valence-corrected chi connectivity index (χ4v) is 3.56. The van der Waals surface area contributed by atoms with Crippen LogP contribution in [0.15, 0.2) is 51.7 Å². The first-order chi connectivity index (χ1) is 12.6. The van der Waals surface area contributed by atoms with Gasteiger partial charge >= 0.3 is 0 Å². The molecule has 5 nitrogen and oxygen atoms in total. The van der Waals surface area contributed by atoms with Crippen LogP contribution in [0.2, 0.25) is 0 Å². The minimum absolute atomic E-state index is 0.0464. The van der Waals surface area contributed by atoms with Gasteiger partial charge in [-0.3, -0.25) is 9.59 Å². The van der Waals surface area contributed by atoms with E-state index in [1.54, 1.807) is 36.3 Å². The first kappa shape index (κ1) is 16.4. The highest BCUT2D eigenvalue weighted by molar-refractivity contribution is 6.06. The topological polar surface area (TPSA) is 59.8 Å². The lowest BCUT2D eigenvalue weighted by Crippen LogP contribution is -2.36. The summed E-state index contributed by atoms with van der Waals surface area (Å²) in [6.45, 7) is 2.59. The van der Waals surface area contributed by atoms with E-state index in [1.165, 1.54) is 6.07 Å². The summed E-state index contributed by atoms with van der Waals surface area (Å²) in [5, 5.41) is 0.469. The van der Waals surface area contributed by atoms with Crippen molar-refractivity contribution in [1.29, 1.82) is 0 Å². The molecule has 0 saturated carbocycles. The van der Waals surface area contributed by atoms with Crippen LogP contribution in [-0.4, -0.2) is 19.6 Å². The summed E-state index contributed by atoms with van der Waals surface area (Å²) in [6.07, 6.45) is 1.74. The van der Waals surface area contributed by atoms with E-state index in [-0.39, 0.29) is 17.1 Å². The van der Waals surface area contributed by atoms with Crippen LogP contribution in [0.25, 0.3) is 11.0 Å². The Labute approximate surface area is 150 Å². The highest BCUT2D eigenvalue weighted by atomic mass is 16.5. The lowest BCUT2D eigenvalue weighted by Gasteiger charge is -2.31. The molecule has 2 heterocycles. The molecule has 0 spiro atoms. The van der Waals surface area contributed by atoms with Crippen LogP contribution in [-0.2, 0) is 6.42 Å². The summed E-state index contributed by atoms with van der Waals surface area (Å²) in [4.78, 5) is 27.2. The Bertz CT molecular complexity index is 1070. The number of aryl methyl sites for hydroxylation is 1. The molecule has 0 atom stereocenters. The van der Waals surface area contributed by atoms with Crippen molar-refractivity contribution >= 4 is 22.6 Å². The number of para-hydroxylation sites is 1. The fraction of sp³-hybridized carbons (Fsp3) is 0.238. The number of benzene rings is 2. The molecule has 4 rings (SSSR count). The maximum Gasteiger partial charge on any atom is 0.294 e. The van der Waals surface area contributed by atoms with Crippen molar-refractivity contribution in [2.75, 3.05) is 18.6 Å². The number of rotatable bonds is 2. The van der Waals surface area contributed by atoms with Crippen molar-refractivity contribution in [1.82, 2.24) is 0 Å². The van der Waals surface area contributed by atoms with Crippen LogP contribution in [0.4, 0.5) is 5.69 Å². The first-order valence-electron chi connectivity index (χ1n) is 8.61. The average molecular weight is 349 g/mol. The van der Waals surface area contributed by atoms with Gasteiger partial charge in [-0.25, -0.2) is 0 Å². The normalized spacial score (nSPS) is 13.5. The lowest BCUT2D eigenvalue weighted by molar-refractivity contribution is 0.0958. The number of hydrogen-bond acceptors (Lipinski definition) is 4. The molecule has 26 heavy (non-hydrogen) atoms. The number of fused-ring (bicyclic) bond motifs is 2. The molecule has 3 aromatic rings. The molecular formula is C21H19NO4. The van der Waals surface area contributed by atoms with Gasteiger partial charge in [-0.05, 0) is 49.1 Å². The smallest absolute Gasteiger partial charge is 0.294 e. The van der Waals surface area contributed by atoms with E-state index in [1.807, 2.05) is 19.1 Å². The van der Waals surface area contributed by atoms with E-state index < -0.39 is 0 Å². The van der Waals surface area contributed by atoms with E-state index >= 15 is 0 Å². The maximum atomic E-state index is 13.2. The zero-order valence-corrected chi connectivity index (χ0v) is 14.7. The molecule has 1 aliphatic rings. The fourth-order valence-electron chi connectivity index (χ4n) is 3.56. The summed E-state index contributed by atoms with van der Waals surface area (Å²) in [7, 11) is 1.60. The van der Waals surface area contributed by atoms with Gasteiger partial charge in [0.05, 0.1) is 18.2 Å². The number of anilines is 1. The van der Waals surface area contributed by atoms with Gasteiger partial charge in [0.15, 0.2) is 11.2 Å². The third-order valence-electron chi connectivity index (χ3n) is 4.87. The van der Waals surface area contributed by atoms with Crippen LogP contribution in [0, 0.1) is 6.92 Å². The molecule has 0 fully saturated rings. The third kappa shape index (κ3) is 2.56. The Morgan fingerprint density at radius 3 is 2.81 bits per heavy atom. The van der Waals surface area contributed by atoms with Crippen molar-refractivity contribution in [3.63, 3.8) is 0 Å². The Balaban J connectivity index is 1.84. The molecular weight excluding hydrogens is 330 g/mol. The molecule has 0 saturated heterocycles. The number of nitrogens with zero attached hydrogens (tertiary/aromatic N) is 1. The minimum Gasteiger partial charge on any atom is -0.495 e. The van der Waals surface area contributed by atoms with E-state index in [9.17, 15) is 9.59 Å². The summed E-state index contributed by atoms with van der Waals surface area (Å²) in [6, 6.07) is 12.1. The second-order valence-electron chi connectivity index (χ2n) is 6.44. The molecule has 132 valence electrons. The SMILES string of the molecule is COc1ccc(C)c2c1N(C(=O)c1cc(=O)c3ccccc3o1)CCC2. The highest BCUT2D eigenvalue weighted by Gasteiger charge is 2.29. The van der Waals surface area contributed by atoms with Gasteiger partial charge in [-0.15, -0.1) is 0 Å². The van der Waals surface area contributed by atoms with Crippen LogP contribution < -0.4 is 15.1 Å². The summed E-state index contributed by atoms with van der Waals surface area (Å²) in [5.74, 6) is 0.379. The number of methoxy groups -OCH3 is 1. The molecule has 1 amide bonds. The standard InChI is InChI=1S/C21H19NO4/c1-13-9-10-18(25-2)20-14(13)7-5-11-22(20)21(24)19-12-16(23)15-6-3-4-8-17(15)26-19/h3-4,6,8-10,12H,5,7,11H2,1-2H3. The second kappa shape index (κ2) is 6.33. The van der Waals surface area contributed by atoms with Gasteiger partial charge in [-0.1, -0.05) is 18.2 Å². The molecule has 1 aliphatic heterocycles. The largest absolute Gasteiger partial charge is 0.495 e. The van der Waals surface area contributed by atoms with E-state index in [0.29, 0.717) is 23.3 Å². The van der Waals surface area contributed by atoms with Crippen molar-refractivity contribution < 1.29 is 13.9 Å². The van der Waals surface area contributed by atoms with E-state index in [0.717, 1.165) is 29.7 Å². The summed E-state index contributed by atoms with van der Waals surface area (Å²) in [5.41, 5.74) is 3.20. The maximum absolute atomic E-state index is 13.2. The molecule has 2 aromatic carbocycles. The van der Waals surface area contributed by atoms with Crippen LogP contribution in [0.3, 0.4) is 0 Å². The van der Waals surface area contributed by atoms with Crippen molar-refractivity contribution in [3.05, 3.63) is 69.6 Å². The predicted octanol–water partition coefficient (Wildman–Crippen LogP) is 3.70. The van der Waals surface area contributed by atoms with E-state index in [4.69, 9.17) is 9.15 Å². The van der Waals surface area contributed by atoms with Crippen LogP contribution in [0.1, 0.15) is 28.1 Å². The molecule has 0 N–H and O–H groups in total. The van der Waals surface area contributed by atoms with Gasteiger partial charge < -0.3 is 14.1 Å². The molecule has 1 aromatic heterocycles. The number of amides is 1. The Morgan fingerprint density at radius 1 is 1.19 bits per heavy atom. The number of ether oxygens (including phenoxy) is 1. The quantitative estimate of drug-likeness (QED) is 0.708. The molecule has 5 heteroatoms. The van der Waals surface area contributed by atoms with Gasteiger partial charge in [0.2, 0.25) is 0 Å². The Hall–Kier alpha value is -3.08. The van der Waals surface area contributed by atoms with Crippen molar-refractivity contribution in [2.45, 2.75) is 19.8 Å². The Morgan fingerprint density at radius 2 is 2.00 bits per heavy atom. The number of hydrogen-bond donors (Lipinski definition) is 0. The number of carbonyl (C=O) groups excluding carboxylic acids is 1. The van der Waals surface area contributed by atoms with Gasteiger partial charge in [-0.2, -0.15) is 0 Å². The average Bonchev–Trinajstić information content (AvgIpc) is 2.67. The zero-order valence-electron chi connectivity index (χ0n) is 14.7. The second-order valence-corrected chi connectivity index (χ2v) is 6.44. The summed E-state index contributed by atoms with van der Waals surface area (Å²) >= 11 is 0. The predicted molar refractivity (Wildman–Crippen MR) is 100 cm³/mol. The molecule has 0 aliphatic carbocycles. The van der Waals surface area contributed by atoms with Gasteiger partial charge in [0.25, 0.3) is 5.91 Å². The minimum atomic E-state index is -0.322.